The summed E-state index contributed by atoms with van der Waals surface area (Å²) in [6, 6.07) is 1.21. The van der Waals surface area contributed by atoms with E-state index in [-0.39, 0.29) is 11.3 Å². The fourth-order valence-electron chi connectivity index (χ4n) is 1.99. The van der Waals surface area contributed by atoms with Crippen LogP contribution in [0, 0.1) is 0 Å². The van der Waals surface area contributed by atoms with Gasteiger partial charge in [0.1, 0.15) is 4.70 Å². The molecule has 0 bridgehead atoms. The predicted octanol–water partition coefficient (Wildman–Crippen LogP) is 2.36. The van der Waals surface area contributed by atoms with Crippen molar-refractivity contribution < 1.29 is 9.59 Å². The summed E-state index contributed by atoms with van der Waals surface area (Å²) in [4.78, 5) is 40.6. The van der Waals surface area contributed by atoms with E-state index < -0.39 is 17.5 Å². The monoisotopic (exact) mass is 380 g/mol. The Kier molecular flexibility index (Phi) is 6.02. The second kappa shape index (κ2) is 7.83. The maximum absolute atomic E-state index is 12.5. The van der Waals surface area contributed by atoms with Gasteiger partial charge < -0.3 is 5.32 Å². The van der Waals surface area contributed by atoms with Crippen LogP contribution in [0.2, 0.25) is 0 Å². The number of carbonyl (C=O) groups excluding carboxylic acids is 2. The average Bonchev–Trinajstić information content (AvgIpc) is 2.95. The minimum atomic E-state index is -0.553. The normalized spacial score (nSPS) is 11.3. The smallest absolute Gasteiger partial charge is 0.321 e. The fourth-order valence-corrected chi connectivity index (χ4v) is 3.58. The number of thioether (sulfide) groups is 1. The third-order valence-corrected chi connectivity index (χ3v) is 4.78. The van der Waals surface area contributed by atoms with Crippen molar-refractivity contribution in [1.29, 1.82) is 0 Å². The van der Waals surface area contributed by atoms with Gasteiger partial charge in [-0.1, -0.05) is 17.8 Å². The van der Waals surface area contributed by atoms with Crippen LogP contribution in [0.5, 0.6) is 0 Å². The van der Waals surface area contributed by atoms with Gasteiger partial charge in [0, 0.05) is 12.1 Å². The Morgan fingerprint density at radius 3 is 2.80 bits per heavy atom. The number of allylic oxidation sites excluding steroid dienone is 1. The SMILES string of the molecule is C=CCn1c(SCC(=O)NC(=O)NC(C)(C)C)nc2ccsc2c1=O. The van der Waals surface area contributed by atoms with Gasteiger partial charge >= 0.3 is 6.03 Å². The van der Waals surface area contributed by atoms with Crippen molar-refractivity contribution in [1.82, 2.24) is 20.2 Å². The lowest BCUT2D eigenvalue weighted by atomic mass is 10.1. The van der Waals surface area contributed by atoms with Crippen molar-refractivity contribution >= 4 is 45.3 Å². The van der Waals surface area contributed by atoms with Gasteiger partial charge in [-0.3, -0.25) is 19.5 Å². The van der Waals surface area contributed by atoms with Gasteiger partial charge in [-0.2, -0.15) is 0 Å². The first-order valence-electron chi connectivity index (χ1n) is 7.55. The van der Waals surface area contributed by atoms with Crippen LogP contribution < -0.4 is 16.2 Å². The van der Waals surface area contributed by atoms with Crippen LogP contribution in [0.25, 0.3) is 10.2 Å². The summed E-state index contributed by atoms with van der Waals surface area (Å²) in [6.07, 6.45) is 1.60. The summed E-state index contributed by atoms with van der Waals surface area (Å²) in [7, 11) is 0. The molecule has 0 unspecified atom stereocenters. The zero-order chi connectivity index (χ0) is 18.6. The van der Waals surface area contributed by atoms with Gasteiger partial charge in [-0.05, 0) is 32.2 Å². The number of rotatable bonds is 5. The minimum absolute atomic E-state index is 0.0310. The summed E-state index contributed by atoms with van der Waals surface area (Å²) >= 11 is 2.43. The molecule has 0 saturated heterocycles. The Hall–Kier alpha value is -2.13. The highest BCUT2D eigenvalue weighted by Gasteiger charge is 2.17. The molecule has 0 saturated carbocycles. The van der Waals surface area contributed by atoms with Crippen molar-refractivity contribution in [2.45, 2.75) is 38.0 Å². The molecule has 0 aliphatic heterocycles. The first-order valence-corrected chi connectivity index (χ1v) is 9.41. The van der Waals surface area contributed by atoms with Crippen LogP contribution >= 0.6 is 23.1 Å². The van der Waals surface area contributed by atoms with Crippen molar-refractivity contribution in [3.05, 3.63) is 34.5 Å². The summed E-state index contributed by atoms with van der Waals surface area (Å²) in [5, 5.41) is 7.13. The van der Waals surface area contributed by atoms with Crippen LogP contribution in [-0.2, 0) is 11.3 Å². The molecular weight excluding hydrogens is 360 g/mol. The van der Waals surface area contributed by atoms with Crippen molar-refractivity contribution in [2.75, 3.05) is 5.75 Å². The summed E-state index contributed by atoms with van der Waals surface area (Å²) < 4.78 is 2.04. The molecule has 0 fully saturated rings. The zero-order valence-electron chi connectivity index (χ0n) is 14.3. The van der Waals surface area contributed by atoms with Gasteiger partial charge in [0.2, 0.25) is 5.91 Å². The molecule has 0 spiro atoms. The predicted molar refractivity (Wildman–Crippen MR) is 101 cm³/mol. The highest BCUT2D eigenvalue weighted by atomic mass is 32.2. The number of nitrogens with one attached hydrogen (secondary N) is 2. The topological polar surface area (TPSA) is 93.1 Å². The summed E-state index contributed by atoms with van der Waals surface area (Å²) in [5.41, 5.74) is 0.00463. The second-order valence-corrected chi connectivity index (χ2v) is 8.13. The highest BCUT2D eigenvalue weighted by Crippen LogP contribution is 2.20. The van der Waals surface area contributed by atoms with E-state index in [9.17, 15) is 14.4 Å². The molecule has 9 heteroatoms. The van der Waals surface area contributed by atoms with E-state index in [0.717, 1.165) is 11.8 Å². The number of aromatic nitrogens is 2. The van der Waals surface area contributed by atoms with Crippen LogP contribution in [-0.4, -0.2) is 32.8 Å². The molecule has 3 amide bonds. The maximum Gasteiger partial charge on any atom is 0.321 e. The van der Waals surface area contributed by atoms with Crippen molar-refractivity contribution in [2.24, 2.45) is 0 Å². The second-order valence-electron chi connectivity index (χ2n) is 6.27. The van der Waals surface area contributed by atoms with Crippen molar-refractivity contribution in [3.63, 3.8) is 0 Å². The Balaban J connectivity index is 2.10. The molecular formula is C16H20N4O3S2. The third kappa shape index (κ3) is 5.17. The van der Waals surface area contributed by atoms with E-state index >= 15 is 0 Å². The first-order chi connectivity index (χ1) is 11.7. The molecule has 0 aliphatic rings. The van der Waals surface area contributed by atoms with Gasteiger partial charge in [-0.25, -0.2) is 9.78 Å². The number of hydrogen-bond donors (Lipinski definition) is 2. The summed E-state index contributed by atoms with van der Waals surface area (Å²) in [5.74, 6) is -0.492. The molecule has 0 atom stereocenters. The molecule has 2 heterocycles. The first kappa shape index (κ1) is 19.2. The van der Waals surface area contributed by atoms with Crippen LogP contribution in [0.3, 0.4) is 0 Å². The number of thiophene rings is 1. The Bertz CT molecular complexity index is 864. The molecule has 134 valence electrons. The van der Waals surface area contributed by atoms with Crippen LogP contribution in [0.1, 0.15) is 20.8 Å². The Labute approximate surface area is 153 Å². The number of imide groups is 1. The molecule has 25 heavy (non-hydrogen) atoms. The number of urea groups is 1. The van der Waals surface area contributed by atoms with E-state index in [2.05, 4.69) is 22.2 Å². The zero-order valence-corrected chi connectivity index (χ0v) is 15.9. The van der Waals surface area contributed by atoms with E-state index in [1.165, 1.54) is 15.9 Å². The summed E-state index contributed by atoms with van der Waals surface area (Å²) in [6.45, 7) is 9.41. The third-order valence-electron chi connectivity index (χ3n) is 2.92. The van der Waals surface area contributed by atoms with Crippen LogP contribution in [0.4, 0.5) is 4.79 Å². The standard InChI is InChI=1S/C16H20N4O3S2/c1-5-7-20-13(22)12-10(6-8-24-12)17-15(20)25-9-11(21)18-14(23)19-16(2,3)4/h5-6,8H,1,7,9H2,2-4H3,(H2,18,19,21,23). The molecule has 0 radical (unpaired) electrons. The van der Waals surface area contributed by atoms with Gasteiger partial charge in [0.25, 0.3) is 5.56 Å². The highest BCUT2D eigenvalue weighted by molar-refractivity contribution is 7.99. The number of fused-ring (bicyclic) bond motifs is 1. The largest absolute Gasteiger partial charge is 0.333 e. The quantitative estimate of drug-likeness (QED) is 0.472. The van der Waals surface area contributed by atoms with E-state index in [4.69, 9.17) is 0 Å². The molecule has 7 nitrogen and oxygen atoms in total. The average molecular weight is 380 g/mol. The lowest BCUT2D eigenvalue weighted by Crippen LogP contribution is -2.48. The van der Waals surface area contributed by atoms with Crippen LogP contribution in [0.15, 0.2) is 34.1 Å². The number of carbonyl (C=O) groups is 2. The van der Waals surface area contributed by atoms with E-state index in [0.29, 0.717) is 21.9 Å². The van der Waals surface area contributed by atoms with Crippen molar-refractivity contribution in [3.8, 4) is 0 Å². The van der Waals surface area contributed by atoms with E-state index in [1.807, 2.05) is 20.8 Å². The minimum Gasteiger partial charge on any atom is -0.333 e. The van der Waals surface area contributed by atoms with Gasteiger partial charge in [-0.15, -0.1) is 17.9 Å². The Morgan fingerprint density at radius 2 is 2.16 bits per heavy atom. The fraction of sp³-hybridized carbons (Fsp3) is 0.375. The lowest BCUT2D eigenvalue weighted by Gasteiger charge is -2.20. The molecule has 2 rings (SSSR count). The van der Waals surface area contributed by atoms with E-state index in [1.54, 1.807) is 17.5 Å². The maximum atomic E-state index is 12.5. The lowest BCUT2D eigenvalue weighted by molar-refractivity contribution is -0.117. The molecule has 0 aliphatic carbocycles. The Morgan fingerprint density at radius 1 is 1.44 bits per heavy atom. The molecule has 2 aromatic heterocycles. The van der Waals surface area contributed by atoms with Gasteiger partial charge in [0.05, 0.1) is 11.3 Å². The number of nitrogens with zero attached hydrogens (tertiary/aromatic N) is 2. The molecule has 2 aromatic rings. The number of hydrogen-bond acceptors (Lipinski definition) is 6. The molecule has 0 aromatic carbocycles. The van der Waals surface area contributed by atoms with Gasteiger partial charge in [0.15, 0.2) is 5.16 Å². The molecule has 2 N–H and O–H groups in total. The number of amides is 3.